The molecule has 0 aliphatic carbocycles. The Kier molecular flexibility index (Phi) is 53.7. The summed E-state index contributed by atoms with van der Waals surface area (Å²) >= 11 is 0. The molecule has 0 saturated carbocycles. The Labute approximate surface area is 540 Å². The van der Waals surface area contributed by atoms with Crippen LogP contribution in [0.3, 0.4) is 0 Å². The van der Waals surface area contributed by atoms with E-state index < -0.39 is 86.8 Å². The summed E-state index contributed by atoms with van der Waals surface area (Å²) in [5, 5.41) is 87.3. The van der Waals surface area contributed by atoms with Gasteiger partial charge in [0.25, 0.3) is 0 Å². The zero-order valence-corrected chi connectivity index (χ0v) is 55.6. The summed E-state index contributed by atoms with van der Waals surface area (Å²) in [6.45, 7) is 2.67. The fraction of sp³-hybridized carbons (Fsp3) is 0.747. The number of unbranched alkanes of at least 4 members (excludes halogenated alkanes) is 28. The zero-order chi connectivity index (χ0) is 64.5. The van der Waals surface area contributed by atoms with Crippen molar-refractivity contribution in [2.75, 3.05) is 19.8 Å². The van der Waals surface area contributed by atoms with Crippen molar-refractivity contribution in [2.45, 2.75) is 338 Å². The molecule has 14 nitrogen and oxygen atoms in total. The number of carbonyl (C=O) groups excluding carboxylic acids is 1. The Morgan fingerprint density at radius 2 is 0.787 bits per heavy atom. The lowest BCUT2D eigenvalue weighted by atomic mass is 9.97. The van der Waals surface area contributed by atoms with Gasteiger partial charge in [0.1, 0.15) is 48.8 Å². The average molecular weight is 1250 g/mol. The number of hydrogen-bond acceptors (Lipinski definition) is 13. The quantitative estimate of drug-likeness (QED) is 0.0204. The number of allylic oxidation sites excluding steroid dienone is 17. The van der Waals surface area contributed by atoms with Gasteiger partial charge in [-0.25, -0.2) is 0 Å². The molecule has 0 spiro atoms. The molecule has 2 fully saturated rings. The standard InChI is InChI=1S/C75H129NO13/c1-3-5-7-9-11-13-15-17-19-21-22-23-24-25-26-27-28-29-30-31-32-33-34-35-36-37-38-39-40-41-42-43-45-47-49-51-53-55-57-59-67(80)76-63(64(79)58-56-54-52-50-48-46-44-20-18-16-14-12-10-8-6-4-2)62-86-74-72(85)70(83)73(66(61-78)88-74)89-75-71(84)69(82)68(81)65(60-77)87-75/h5,7,11,13,17,19,22-23,25-26,28-29,31-32,48,50,56,58,63-66,68-75,77-79,81-85H,3-4,6,8-10,12,14-16,18,20-21,24,27,30,33-47,49,51-55,57,59-62H2,1-2H3,(H,76,80)/b7-5-,13-11-,19-17-,23-22-,26-25-,29-28-,32-31-,50-48+,58-56+. The molecule has 2 aliphatic rings. The monoisotopic (exact) mass is 1250 g/mol. The number of hydrogen-bond donors (Lipinski definition) is 9. The van der Waals surface area contributed by atoms with Gasteiger partial charge in [0, 0.05) is 6.42 Å². The van der Waals surface area contributed by atoms with E-state index in [9.17, 15) is 45.6 Å². The summed E-state index contributed by atoms with van der Waals surface area (Å²) in [5.41, 5.74) is 0. The normalized spacial score (nSPS) is 23.7. The number of aliphatic hydroxyl groups is 8. The summed E-state index contributed by atoms with van der Waals surface area (Å²) in [5.74, 6) is -0.250. The summed E-state index contributed by atoms with van der Waals surface area (Å²) in [6, 6.07) is -0.936. The molecule has 0 aromatic heterocycles. The molecule has 512 valence electrons. The van der Waals surface area contributed by atoms with Crippen LogP contribution in [-0.4, -0.2) is 140 Å². The Morgan fingerprint density at radius 1 is 0.416 bits per heavy atom. The molecule has 1 amide bonds. The highest BCUT2D eigenvalue weighted by molar-refractivity contribution is 5.76. The molecule has 12 atom stereocenters. The van der Waals surface area contributed by atoms with E-state index in [1.54, 1.807) is 6.08 Å². The Bertz CT molecular complexity index is 1910. The first-order chi connectivity index (χ1) is 43.6. The van der Waals surface area contributed by atoms with E-state index in [-0.39, 0.29) is 18.9 Å². The first kappa shape index (κ1) is 81.7. The van der Waals surface area contributed by atoms with Gasteiger partial charge in [-0.15, -0.1) is 0 Å². The molecule has 0 aromatic carbocycles. The maximum absolute atomic E-state index is 13.3. The highest BCUT2D eigenvalue weighted by atomic mass is 16.7. The van der Waals surface area contributed by atoms with Crippen LogP contribution in [0.1, 0.15) is 264 Å². The Morgan fingerprint density at radius 3 is 1.24 bits per heavy atom. The van der Waals surface area contributed by atoms with Crippen LogP contribution in [0.25, 0.3) is 0 Å². The van der Waals surface area contributed by atoms with Crippen LogP contribution >= 0.6 is 0 Å². The average Bonchev–Trinajstić information content (AvgIpc) is 2.55. The van der Waals surface area contributed by atoms with Gasteiger partial charge in [-0.3, -0.25) is 4.79 Å². The molecule has 2 heterocycles. The lowest BCUT2D eigenvalue weighted by Crippen LogP contribution is -2.65. The minimum absolute atomic E-state index is 0.250. The van der Waals surface area contributed by atoms with Gasteiger partial charge >= 0.3 is 0 Å². The largest absolute Gasteiger partial charge is 0.394 e. The third-order valence-electron chi connectivity index (χ3n) is 16.7. The van der Waals surface area contributed by atoms with E-state index in [0.717, 1.165) is 77.0 Å². The van der Waals surface area contributed by atoms with Crippen molar-refractivity contribution in [3.63, 3.8) is 0 Å². The van der Waals surface area contributed by atoms with Gasteiger partial charge in [0.2, 0.25) is 5.91 Å². The van der Waals surface area contributed by atoms with Gasteiger partial charge in [-0.1, -0.05) is 277 Å². The fourth-order valence-corrected chi connectivity index (χ4v) is 11.1. The summed E-state index contributed by atoms with van der Waals surface area (Å²) in [7, 11) is 0. The second-order valence-electron chi connectivity index (χ2n) is 24.6. The SMILES string of the molecule is CC/C=C\C/C=C\C/C=C\C/C=C\C/C=C\C/C=C\C/C=C\CCCCCCCCCCCCCCCCCCCC(=O)NC(COC1OC(CO)C(OC2OC(CO)C(O)C(O)C2O)C(O)C1O)C(O)/C=C/CC/C=C/CCCCCCCCCCCC. The van der Waals surface area contributed by atoms with Crippen LogP contribution in [0.5, 0.6) is 0 Å². The minimum Gasteiger partial charge on any atom is -0.394 e. The molecule has 14 heteroatoms. The molecule has 0 radical (unpaired) electrons. The van der Waals surface area contributed by atoms with Crippen LogP contribution in [0.15, 0.2) is 109 Å². The van der Waals surface area contributed by atoms with Gasteiger partial charge in [0.15, 0.2) is 12.6 Å². The lowest BCUT2D eigenvalue weighted by molar-refractivity contribution is -0.359. The predicted octanol–water partition coefficient (Wildman–Crippen LogP) is 14.7. The van der Waals surface area contributed by atoms with Crippen molar-refractivity contribution in [2.24, 2.45) is 0 Å². The Balaban J connectivity index is 1.60. The zero-order valence-electron chi connectivity index (χ0n) is 55.6. The molecular formula is C75H129NO13. The van der Waals surface area contributed by atoms with Crippen LogP contribution in [0, 0.1) is 0 Å². The molecule has 0 aromatic rings. The smallest absolute Gasteiger partial charge is 0.220 e. The van der Waals surface area contributed by atoms with Gasteiger partial charge < -0.3 is 65.1 Å². The minimum atomic E-state index is -1.79. The maximum Gasteiger partial charge on any atom is 0.220 e. The Hall–Kier alpha value is -3.35. The maximum atomic E-state index is 13.3. The molecule has 0 bridgehead atoms. The summed E-state index contributed by atoms with van der Waals surface area (Å²) < 4.78 is 22.8. The molecule has 89 heavy (non-hydrogen) atoms. The molecule has 2 rings (SSSR count). The van der Waals surface area contributed by atoms with E-state index in [1.807, 2.05) is 6.08 Å². The summed E-state index contributed by atoms with van der Waals surface area (Å²) in [6.07, 6.45) is 67.3. The molecule has 9 N–H and O–H groups in total. The number of ether oxygens (including phenoxy) is 4. The number of carbonyl (C=O) groups is 1. The number of amides is 1. The molecule has 12 unspecified atom stereocenters. The summed E-state index contributed by atoms with van der Waals surface area (Å²) in [4.78, 5) is 13.3. The van der Waals surface area contributed by atoms with Crippen molar-refractivity contribution in [1.29, 1.82) is 0 Å². The molecule has 2 aliphatic heterocycles. The van der Waals surface area contributed by atoms with Gasteiger partial charge in [0.05, 0.1) is 32.0 Å². The van der Waals surface area contributed by atoms with Gasteiger partial charge in [-0.05, 0) is 89.9 Å². The second kappa shape index (κ2) is 58.5. The topological polar surface area (TPSA) is 228 Å². The number of aliphatic hydroxyl groups excluding tert-OH is 8. The van der Waals surface area contributed by atoms with E-state index in [4.69, 9.17) is 18.9 Å². The lowest BCUT2D eigenvalue weighted by Gasteiger charge is -2.46. The predicted molar refractivity (Wildman–Crippen MR) is 364 cm³/mol. The van der Waals surface area contributed by atoms with Crippen molar-refractivity contribution in [3.05, 3.63) is 109 Å². The van der Waals surface area contributed by atoms with Crippen LogP contribution < -0.4 is 5.32 Å². The number of nitrogens with one attached hydrogen (secondary N) is 1. The third kappa shape index (κ3) is 42.5. The van der Waals surface area contributed by atoms with Crippen LogP contribution in [-0.2, 0) is 23.7 Å². The van der Waals surface area contributed by atoms with E-state index in [2.05, 4.69) is 116 Å². The third-order valence-corrected chi connectivity index (χ3v) is 16.7. The van der Waals surface area contributed by atoms with Crippen molar-refractivity contribution in [3.8, 4) is 0 Å². The van der Waals surface area contributed by atoms with Crippen molar-refractivity contribution in [1.82, 2.24) is 5.32 Å². The second-order valence-corrected chi connectivity index (χ2v) is 24.6. The highest BCUT2D eigenvalue weighted by Crippen LogP contribution is 2.30. The van der Waals surface area contributed by atoms with Crippen LogP contribution in [0.4, 0.5) is 0 Å². The number of rotatable bonds is 57. The fourth-order valence-electron chi connectivity index (χ4n) is 11.1. The van der Waals surface area contributed by atoms with Crippen molar-refractivity contribution < 1.29 is 64.6 Å². The van der Waals surface area contributed by atoms with E-state index >= 15 is 0 Å². The first-order valence-corrected chi connectivity index (χ1v) is 35.6. The first-order valence-electron chi connectivity index (χ1n) is 35.6. The van der Waals surface area contributed by atoms with E-state index in [0.29, 0.717) is 12.8 Å². The van der Waals surface area contributed by atoms with E-state index in [1.165, 1.54) is 154 Å². The van der Waals surface area contributed by atoms with Crippen molar-refractivity contribution >= 4 is 5.91 Å². The molecule has 2 saturated heterocycles. The molecular weight excluding hydrogens is 1120 g/mol. The highest BCUT2D eigenvalue weighted by Gasteiger charge is 2.51. The van der Waals surface area contributed by atoms with Gasteiger partial charge in [-0.2, -0.15) is 0 Å². The van der Waals surface area contributed by atoms with Crippen LogP contribution in [0.2, 0.25) is 0 Å².